The number of rotatable bonds is 17. The highest BCUT2D eigenvalue weighted by atomic mass is 16.5. The lowest BCUT2D eigenvalue weighted by Gasteiger charge is -2.29. The third kappa shape index (κ3) is 9.71. The van der Waals surface area contributed by atoms with E-state index >= 15 is 0 Å². The van der Waals surface area contributed by atoms with E-state index in [1.807, 2.05) is 37.3 Å². The number of anilines is 1. The molecule has 0 bridgehead atoms. The number of aromatic nitrogens is 1. The maximum absolute atomic E-state index is 12.3. The van der Waals surface area contributed by atoms with Gasteiger partial charge in [0.05, 0.1) is 40.1 Å². The Hall–Kier alpha value is -4.60. The van der Waals surface area contributed by atoms with E-state index in [0.29, 0.717) is 56.7 Å². The van der Waals surface area contributed by atoms with Crippen LogP contribution in [0, 0.1) is 0 Å². The molecule has 0 saturated carbocycles. The average molecular weight is 654 g/mol. The Bertz CT molecular complexity index is 1580. The van der Waals surface area contributed by atoms with Crippen molar-refractivity contribution >= 4 is 11.9 Å². The van der Waals surface area contributed by atoms with Crippen LogP contribution in [0.5, 0.6) is 11.5 Å². The average Bonchev–Trinajstić information content (AvgIpc) is 3.54. The minimum atomic E-state index is -0.353. The minimum Gasteiger partial charge on any atom is -0.493 e. The Labute approximate surface area is 284 Å². The van der Waals surface area contributed by atoms with Gasteiger partial charge in [0.2, 0.25) is 11.8 Å². The predicted molar refractivity (Wildman–Crippen MR) is 187 cm³/mol. The number of hydrogen-bond donors (Lipinski definition) is 0. The molecule has 0 radical (unpaired) electrons. The number of ether oxygens (including phenoxy) is 4. The van der Waals surface area contributed by atoms with Crippen LogP contribution in [0.15, 0.2) is 95.4 Å². The zero-order valence-electron chi connectivity index (χ0n) is 28.3. The van der Waals surface area contributed by atoms with E-state index in [1.54, 1.807) is 14.2 Å². The Morgan fingerprint density at radius 2 is 1.62 bits per heavy atom. The highest BCUT2D eigenvalue weighted by Crippen LogP contribution is 2.34. The maximum atomic E-state index is 12.3. The molecule has 1 aliphatic heterocycles. The molecule has 0 aliphatic carbocycles. The number of oxazole rings is 1. The van der Waals surface area contributed by atoms with Crippen LogP contribution in [0.4, 0.5) is 5.88 Å². The molecule has 0 amide bonds. The zero-order valence-corrected chi connectivity index (χ0v) is 28.3. The number of carbonyl (C=O) groups is 1. The highest BCUT2D eigenvalue weighted by Gasteiger charge is 2.29. The summed E-state index contributed by atoms with van der Waals surface area (Å²) in [6, 6.07) is 26.7. The molecular weight excluding hydrogens is 606 g/mol. The molecule has 1 fully saturated rings. The van der Waals surface area contributed by atoms with Gasteiger partial charge in [-0.25, -0.2) is 9.78 Å². The fraction of sp³-hybridized carbons (Fsp3) is 0.385. The summed E-state index contributed by atoms with van der Waals surface area (Å²) in [7, 11) is 3.29. The second kappa shape index (κ2) is 18.1. The third-order valence-electron chi connectivity index (χ3n) is 8.50. The molecule has 1 aliphatic rings. The quantitative estimate of drug-likeness (QED) is 0.0942. The summed E-state index contributed by atoms with van der Waals surface area (Å²) in [6.45, 7) is 6.12. The maximum Gasteiger partial charge on any atom is 0.330 e. The first-order valence-corrected chi connectivity index (χ1v) is 16.8. The van der Waals surface area contributed by atoms with Crippen molar-refractivity contribution in [1.82, 2.24) is 9.88 Å². The first-order chi connectivity index (χ1) is 23.6. The normalized spacial score (nSPS) is 14.0. The van der Waals surface area contributed by atoms with Crippen molar-refractivity contribution in [2.45, 2.75) is 38.6 Å². The molecule has 1 saturated heterocycles. The first kappa shape index (κ1) is 34.7. The summed E-state index contributed by atoms with van der Waals surface area (Å²) < 4.78 is 28.7. The molecule has 9 nitrogen and oxygen atoms in total. The van der Waals surface area contributed by atoms with Crippen molar-refractivity contribution in [3.63, 3.8) is 0 Å². The molecule has 2 heterocycles. The Kier molecular flexibility index (Phi) is 13.1. The third-order valence-corrected chi connectivity index (χ3v) is 8.50. The van der Waals surface area contributed by atoms with Crippen molar-refractivity contribution in [2.24, 2.45) is 0 Å². The van der Waals surface area contributed by atoms with Gasteiger partial charge < -0.3 is 28.3 Å². The molecule has 1 atom stereocenters. The lowest BCUT2D eigenvalue weighted by atomic mass is 10.0. The van der Waals surface area contributed by atoms with E-state index < -0.39 is 0 Å². The van der Waals surface area contributed by atoms with Gasteiger partial charge in [-0.2, -0.15) is 0 Å². The van der Waals surface area contributed by atoms with Gasteiger partial charge in [-0.1, -0.05) is 72.8 Å². The summed E-state index contributed by atoms with van der Waals surface area (Å²) in [5.74, 6) is 2.52. The van der Waals surface area contributed by atoms with Crippen molar-refractivity contribution in [2.75, 3.05) is 65.1 Å². The van der Waals surface area contributed by atoms with Crippen LogP contribution in [-0.4, -0.2) is 76.1 Å². The molecule has 1 aromatic heterocycles. The van der Waals surface area contributed by atoms with Gasteiger partial charge in [0.1, 0.15) is 5.69 Å². The number of carbonyl (C=O) groups excluding carboxylic acids is 1. The van der Waals surface area contributed by atoms with E-state index in [-0.39, 0.29) is 12.0 Å². The molecule has 9 heteroatoms. The van der Waals surface area contributed by atoms with Crippen LogP contribution in [0.1, 0.15) is 47.7 Å². The zero-order chi connectivity index (χ0) is 33.6. The second-order valence-corrected chi connectivity index (χ2v) is 11.7. The van der Waals surface area contributed by atoms with E-state index in [9.17, 15) is 4.79 Å². The number of methoxy groups -OCH3 is 2. The number of benzene rings is 3. The minimum absolute atomic E-state index is 0.165. The molecule has 5 rings (SSSR count). The van der Waals surface area contributed by atoms with Crippen molar-refractivity contribution in [3.8, 4) is 11.5 Å². The van der Waals surface area contributed by atoms with Crippen LogP contribution >= 0.6 is 0 Å². The molecule has 3 aromatic carbocycles. The fourth-order valence-corrected chi connectivity index (χ4v) is 5.99. The van der Waals surface area contributed by atoms with Crippen molar-refractivity contribution < 1.29 is 28.2 Å². The molecule has 48 heavy (non-hydrogen) atoms. The summed E-state index contributed by atoms with van der Waals surface area (Å²) in [6.07, 6.45) is 6.40. The van der Waals surface area contributed by atoms with Crippen LogP contribution in [-0.2, 0) is 33.5 Å². The predicted octanol–water partition coefficient (Wildman–Crippen LogP) is 6.46. The largest absolute Gasteiger partial charge is 0.493 e. The molecular formula is C39H47N3O6. The van der Waals surface area contributed by atoms with Gasteiger partial charge in [0, 0.05) is 38.7 Å². The van der Waals surface area contributed by atoms with E-state index in [1.165, 1.54) is 17.2 Å². The standard InChI is InChI=1S/C39H47N3O6/c1-4-47-37(43)16-11-22-41(23-21-32-18-20-35(44-2)36(29-32)45-3)34(19-17-30-12-7-5-8-13-30)38-40-33(28-31-14-9-6-10-15-31)39(48-38)42-24-26-46-27-25-42/h5-16,18,20,29,34H,4,17,19,21-28H2,1-3H3/b16-11+. The molecule has 254 valence electrons. The van der Waals surface area contributed by atoms with E-state index in [2.05, 4.69) is 64.4 Å². The van der Waals surface area contributed by atoms with Crippen LogP contribution in [0.25, 0.3) is 0 Å². The Balaban J connectivity index is 1.51. The van der Waals surface area contributed by atoms with Crippen molar-refractivity contribution in [3.05, 3.63) is 119 Å². The van der Waals surface area contributed by atoms with E-state index in [0.717, 1.165) is 49.5 Å². The Morgan fingerprint density at radius 3 is 2.31 bits per heavy atom. The van der Waals surface area contributed by atoms with Gasteiger partial charge in [-0.05, 0) is 55.0 Å². The molecule has 1 unspecified atom stereocenters. The molecule has 0 spiro atoms. The van der Waals surface area contributed by atoms with E-state index in [4.69, 9.17) is 28.3 Å². The Morgan fingerprint density at radius 1 is 0.917 bits per heavy atom. The number of esters is 1. The highest BCUT2D eigenvalue weighted by molar-refractivity contribution is 5.81. The van der Waals surface area contributed by atoms with Crippen LogP contribution < -0.4 is 14.4 Å². The van der Waals surface area contributed by atoms with Gasteiger partial charge in [-0.15, -0.1) is 0 Å². The van der Waals surface area contributed by atoms with Gasteiger partial charge >= 0.3 is 5.97 Å². The van der Waals surface area contributed by atoms with Gasteiger partial charge in [0.15, 0.2) is 11.5 Å². The monoisotopic (exact) mass is 653 g/mol. The second-order valence-electron chi connectivity index (χ2n) is 11.7. The van der Waals surface area contributed by atoms with Crippen LogP contribution in [0.2, 0.25) is 0 Å². The first-order valence-electron chi connectivity index (χ1n) is 16.8. The summed E-state index contributed by atoms with van der Waals surface area (Å²) in [5, 5.41) is 0. The number of nitrogens with zero attached hydrogens (tertiary/aromatic N) is 3. The SMILES string of the molecule is CCOC(=O)/C=C/CN(CCc1ccc(OC)c(OC)c1)C(CCc1ccccc1)c1nc(Cc2ccccc2)c(N2CCOCC2)o1. The summed E-state index contributed by atoms with van der Waals surface area (Å²) >= 11 is 0. The lowest BCUT2D eigenvalue weighted by molar-refractivity contribution is -0.137. The number of morpholine rings is 1. The van der Waals surface area contributed by atoms with Crippen molar-refractivity contribution in [1.29, 1.82) is 0 Å². The number of hydrogen-bond acceptors (Lipinski definition) is 9. The summed E-state index contributed by atoms with van der Waals surface area (Å²) in [4.78, 5) is 22.1. The lowest BCUT2D eigenvalue weighted by Crippen LogP contribution is -2.36. The van der Waals surface area contributed by atoms with Gasteiger partial charge in [0.25, 0.3) is 0 Å². The smallest absolute Gasteiger partial charge is 0.330 e. The van der Waals surface area contributed by atoms with Gasteiger partial charge in [-0.3, -0.25) is 4.90 Å². The number of aryl methyl sites for hydroxylation is 1. The van der Waals surface area contributed by atoms with Crippen LogP contribution in [0.3, 0.4) is 0 Å². The topological polar surface area (TPSA) is 86.5 Å². The fourth-order valence-electron chi connectivity index (χ4n) is 5.99. The molecule has 0 N–H and O–H groups in total. The summed E-state index contributed by atoms with van der Waals surface area (Å²) in [5.41, 5.74) is 4.45. The molecule has 4 aromatic rings.